The molecule has 0 amide bonds. The van der Waals surface area contributed by atoms with Crippen LogP contribution in [0.2, 0.25) is 0 Å². The van der Waals surface area contributed by atoms with E-state index in [0.717, 1.165) is 0 Å². The normalized spacial score (nSPS) is 11.7. The number of rotatable bonds is 1. The number of nitrogens with zero attached hydrogens (tertiary/aromatic N) is 1. The van der Waals surface area contributed by atoms with Crippen molar-refractivity contribution in [2.75, 3.05) is 0 Å². The molecule has 1 aromatic heterocycles. The Hall–Kier alpha value is -1.50. The molecule has 1 heterocycles. The Labute approximate surface area is 91.4 Å². The van der Waals surface area contributed by atoms with Crippen LogP contribution in [0.5, 0.6) is 0 Å². The largest absolute Gasteiger partial charge is 0.320 e. The predicted octanol–water partition coefficient (Wildman–Crippen LogP) is 3.77. The number of benzene rings is 1. The fourth-order valence-corrected chi connectivity index (χ4v) is 1.81. The van der Waals surface area contributed by atoms with Gasteiger partial charge >= 0.3 is 0 Å². The second-order valence-corrected chi connectivity index (χ2v) is 4.85. The summed E-state index contributed by atoms with van der Waals surface area (Å²) in [5.41, 5.74) is 2.75. The van der Waals surface area contributed by atoms with Crippen molar-refractivity contribution in [2.45, 2.75) is 26.2 Å². The average molecular weight is 199 g/mol. The molecule has 1 nitrogen and oxygen atoms in total. The summed E-state index contributed by atoms with van der Waals surface area (Å²) >= 11 is 0. The molecule has 78 valence electrons. The minimum Gasteiger partial charge on any atom is -0.320 e. The Morgan fingerprint density at radius 3 is 2.13 bits per heavy atom. The number of hydrogen-bond acceptors (Lipinski definition) is 0. The lowest BCUT2D eigenvalue weighted by Crippen LogP contribution is -2.16. The molecule has 2 aromatic rings. The molecular weight excluding hydrogens is 182 g/mol. The zero-order valence-electron chi connectivity index (χ0n) is 9.57. The van der Waals surface area contributed by atoms with E-state index in [-0.39, 0.29) is 5.41 Å². The highest BCUT2D eigenvalue weighted by Gasteiger charge is 2.17. The van der Waals surface area contributed by atoms with Crippen LogP contribution < -0.4 is 0 Å². The molecular formula is C14H17N. The maximum atomic E-state index is 2.25. The molecule has 0 aliphatic rings. The van der Waals surface area contributed by atoms with Crippen LogP contribution in [0.1, 0.15) is 26.5 Å². The molecule has 0 saturated carbocycles. The van der Waals surface area contributed by atoms with E-state index in [1.165, 1.54) is 11.4 Å². The highest BCUT2D eigenvalue weighted by Crippen LogP contribution is 2.25. The van der Waals surface area contributed by atoms with Gasteiger partial charge in [0.25, 0.3) is 0 Å². The Morgan fingerprint density at radius 1 is 0.867 bits per heavy atom. The summed E-state index contributed by atoms with van der Waals surface area (Å²) in [5.74, 6) is 0. The molecule has 1 aromatic carbocycles. The molecule has 15 heavy (non-hydrogen) atoms. The lowest BCUT2D eigenvalue weighted by Gasteiger charge is -2.21. The van der Waals surface area contributed by atoms with Gasteiger partial charge in [0.2, 0.25) is 0 Å². The minimum atomic E-state index is 0.180. The van der Waals surface area contributed by atoms with E-state index in [0.29, 0.717) is 0 Å². The minimum absolute atomic E-state index is 0.180. The summed E-state index contributed by atoms with van der Waals surface area (Å²) < 4.78 is 2.25. The smallest absolute Gasteiger partial charge is 0.0452 e. The van der Waals surface area contributed by atoms with Gasteiger partial charge in [-0.05, 0) is 24.3 Å². The summed E-state index contributed by atoms with van der Waals surface area (Å²) in [6, 6.07) is 14.7. The average Bonchev–Trinajstić information content (AvgIpc) is 2.67. The summed E-state index contributed by atoms with van der Waals surface area (Å²) in [7, 11) is 0. The van der Waals surface area contributed by atoms with Crippen molar-refractivity contribution in [3.63, 3.8) is 0 Å². The van der Waals surface area contributed by atoms with Gasteiger partial charge < -0.3 is 4.57 Å². The highest BCUT2D eigenvalue weighted by atomic mass is 15.0. The van der Waals surface area contributed by atoms with Crippen molar-refractivity contribution in [3.05, 3.63) is 54.4 Å². The summed E-state index contributed by atoms with van der Waals surface area (Å²) in [4.78, 5) is 0. The zero-order valence-corrected chi connectivity index (χ0v) is 9.57. The van der Waals surface area contributed by atoms with Gasteiger partial charge in [-0.3, -0.25) is 0 Å². The van der Waals surface area contributed by atoms with E-state index >= 15 is 0 Å². The first-order valence-electron chi connectivity index (χ1n) is 5.32. The van der Waals surface area contributed by atoms with E-state index in [4.69, 9.17) is 0 Å². The SMILES string of the molecule is CC(C)(C)c1cccn1-c1ccccc1. The van der Waals surface area contributed by atoms with Gasteiger partial charge in [-0.1, -0.05) is 39.0 Å². The van der Waals surface area contributed by atoms with Crippen molar-refractivity contribution < 1.29 is 0 Å². The van der Waals surface area contributed by atoms with Crippen LogP contribution in [0.3, 0.4) is 0 Å². The second kappa shape index (κ2) is 3.58. The summed E-state index contributed by atoms with van der Waals surface area (Å²) in [6.07, 6.45) is 2.12. The van der Waals surface area contributed by atoms with Gasteiger partial charge in [0, 0.05) is 23.0 Å². The maximum absolute atomic E-state index is 2.25. The molecule has 0 bridgehead atoms. The molecule has 0 radical (unpaired) electrons. The van der Waals surface area contributed by atoms with E-state index in [1.807, 2.05) is 6.07 Å². The standard InChI is InChI=1S/C14H17N/c1-14(2,3)13-10-7-11-15(13)12-8-5-4-6-9-12/h4-11H,1-3H3. The van der Waals surface area contributed by atoms with Gasteiger partial charge in [-0.2, -0.15) is 0 Å². The molecule has 1 heteroatoms. The van der Waals surface area contributed by atoms with E-state index in [1.54, 1.807) is 0 Å². The number of aromatic nitrogens is 1. The zero-order chi connectivity index (χ0) is 10.9. The van der Waals surface area contributed by atoms with Crippen LogP contribution in [0, 0.1) is 0 Å². The van der Waals surface area contributed by atoms with E-state index < -0.39 is 0 Å². The molecule has 0 fully saturated rings. The van der Waals surface area contributed by atoms with Crippen molar-refractivity contribution >= 4 is 0 Å². The van der Waals surface area contributed by atoms with Crippen molar-refractivity contribution in [1.82, 2.24) is 4.57 Å². The highest BCUT2D eigenvalue weighted by molar-refractivity contribution is 5.36. The predicted molar refractivity (Wildman–Crippen MR) is 64.5 cm³/mol. The maximum Gasteiger partial charge on any atom is 0.0452 e. The molecule has 0 unspecified atom stereocenters. The quantitative estimate of drug-likeness (QED) is 0.658. The topological polar surface area (TPSA) is 4.93 Å². The van der Waals surface area contributed by atoms with Crippen LogP contribution in [0.4, 0.5) is 0 Å². The Balaban J connectivity index is 2.51. The second-order valence-electron chi connectivity index (χ2n) is 4.85. The Kier molecular flexibility index (Phi) is 2.39. The van der Waals surface area contributed by atoms with Crippen LogP contribution >= 0.6 is 0 Å². The van der Waals surface area contributed by atoms with Crippen molar-refractivity contribution in [2.24, 2.45) is 0 Å². The fourth-order valence-electron chi connectivity index (χ4n) is 1.81. The monoisotopic (exact) mass is 199 g/mol. The molecule has 2 rings (SSSR count). The summed E-state index contributed by atoms with van der Waals surface area (Å²) in [5, 5.41) is 0. The van der Waals surface area contributed by atoms with Crippen LogP contribution in [-0.2, 0) is 5.41 Å². The van der Waals surface area contributed by atoms with Gasteiger partial charge in [0.15, 0.2) is 0 Å². The van der Waals surface area contributed by atoms with Gasteiger partial charge in [-0.25, -0.2) is 0 Å². The Morgan fingerprint density at radius 2 is 1.53 bits per heavy atom. The first-order valence-corrected chi connectivity index (χ1v) is 5.32. The molecule has 0 aliphatic heterocycles. The van der Waals surface area contributed by atoms with Crippen molar-refractivity contribution in [3.8, 4) is 5.69 Å². The molecule has 0 saturated heterocycles. The first-order chi connectivity index (χ1) is 7.09. The van der Waals surface area contributed by atoms with Gasteiger partial charge in [0.1, 0.15) is 0 Å². The van der Waals surface area contributed by atoms with Gasteiger partial charge in [-0.15, -0.1) is 0 Å². The summed E-state index contributed by atoms with van der Waals surface area (Å²) in [6.45, 7) is 6.71. The third kappa shape index (κ3) is 1.96. The van der Waals surface area contributed by atoms with Crippen molar-refractivity contribution in [1.29, 1.82) is 0 Å². The van der Waals surface area contributed by atoms with Crippen LogP contribution in [0.25, 0.3) is 5.69 Å². The number of hydrogen-bond donors (Lipinski definition) is 0. The third-order valence-corrected chi connectivity index (χ3v) is 2.55. The number of para-hydroxylation sites is 1. The van der Waals surface area contributed by atoms with Gasteiger partial charge in [0.05, 0.1) is 0 Å². The lowest BCUT2D eigenvalue weighted by molar-refractivity contribution is 0.557. The Bertz CT molecular complexity index is 432. The molecule has 0 N–H and O–H groups in total. The van der Waals surface area contributed by atoms with E-state index in [2.05, 4.69) is 67.9 Å². The molecule has 0 aliphatic carbocycles. The first kappa shape index (κ1) is 10.0. The third-order valence-electron chi connectivity index (χ3n) is 2.55. The molecule has 0 spiro atoms. The van der Waals surface area contributed by atoms with Crippen LogP contribution in [0.15, 0.2) is 48.7 Å². The lowest BCUT2D eigenvalue weighted by atomic mass is 9.92. The fraction of sp³-hybridized carbons (Fsp3) is 0.286. The van der Waals surface area contributed by atoms with Crippen LogP contribution in [-0.4, -0.2) is 4.57 Å². The molecule has 0 atom stereocenters. The van der Waals surface area contributed by atoms with E-state index in [9.17, 15) is 0 Å².